The number of amides is 1. The summed E-state index contributed by atoms with van der Waals surface area (Å²) >= 11 is 0. The molecule has 0 aliphatic carbocycles. The molecule has 0 saturated heterocycles. The van der Waals surface area contributed by atoms with E-state index < -0.39 is 0 Å². The van der Waals surface area contributed by atoms with Crippen molar-refractivity contribution in [1.82, 2.24) is 19.8 Å². The largest absolute Gasteiger partial charge is 0.492 e. The maximum atomic E-state index is 13.5. The molecular weight excluding hydrogens is 416 g/mol. The Morgan fingerprint density at radius 2 is 2.06 bits per heavy atom. The molecule has 0 fully saturated rings. The van der Waals surface area contributed by atoms with E-state index in [-0.39, 0.29) is 18.1 Å². The summed E-state index contributed by atoms with van der Waals surface area (Å²) in [4.78, 5) is 25.3. The van der Waals surface area contributed by atoms with E-state index in [0.29, 0.717) is 19.7 Å². The third-order valence-electron chi connectivity index (χ3n) is 6.66. The van der Waals surface area contributed by atoms with Crippen molar-refractivity contribution in [2.75, 3.05) is 19.7 Å². The molecule has 2 atom stereocenters. The predicted octanol–water partition coefficient (Wildman–Crippen LogP) is 3.76. The van der Waals surface area contributed by atoms with Gasteiger partial charge in [-0.25, -0.2) is 4.98 Å². The molecule has 33 heavy (non-hydrogen) atoms. The van der Waals surface area contributed by atoms with E-state index in [0.717, 1.165) is 51.5 Å². The van der Waals surface area contributed by atoms with Gasteiger partial charge in [-0.15, -0.1) is 0 Å². The van der Waals surface area contributed by atoms with Gasteiger partial charge in [-0.3, -0.25) is 4.79 Å². The lowest BCUT2D eigenvalue weighted by molar-refractivity contribution is -0.129. The highest BCUT2D eigenvalue weighted by Gasteiger charge is 2.40. The third kappa shape index (κ3) is 3.35. The van der Waals surface area contributed by atoms with Crippen LogP contribution < -0.4 is 4.74 Å². The molecule has 6 rings (SSSR count). The van der Waals surface area contributed by atoms with E-state index in [9.17, 15) is 4.79 Å². The summed E-state index contributed by atoms with van der Waals surface area (Å²) in [6.07, 6.45) is 5.64. The first kappa shape index (κ1) is 19.9. The van der Waals surface area contributed by atoms with Crippen LogP contribution in [0.4, 0.5) is 0 Å². The van der Waals surface area contributed by atoms with Gasteiger partial charge in [0.15, 0.2) is 0 Å². The van der Waals surface area contributed by atoms with Crippen molar-refractivity contribution in [3.8, 4) is 16.9 Å². The summed E-state index contributed by atoms with van der Waals surface area (Å²) in [5.74, 6) is 1.77. The first-order chi connectivity index (χ1) is 16.1. The topological polar surface area (TPSA) is 70.7 Å². The van der Waals surface area contributed by atoms with Crippen molar-refractivity contribution in [3.63, 3.8) is 0 Å². The normalized spacial score (nSPS) is 21.3. The molecule has 3 aliphatic rings. The van der Waals surface area contributed by atoms with Gasteiger partial charge in [0.05, 0.1) is 29.9 Å². The summed E-state index contributed by atoms with van der Waals surface area (Å²) in [5.41, 5.74) is 5.89. The van der Waals surface area contributed by atoms with E-state index in [2.05, 4.69) is 46.1 Å². The molecule has 0 bridgehead atoms. The van der Waals surface area contributed by atoms with Crippen molar-refractivity contribution < 1.29 is 14.3 Å². The zero-order valence-corrected chi connectivity index (χ0v) is 18.7. The number of likely N-dealkylation sites (N-methyl/N-ethyl adjacent to an activating group) is 1. The van der Waals surface area contributed by atoms with E-state index in [1.54, 1.807) is 6.26 Å². The van der Waals surface area contributed by atoms with Crippen LogP contribution in [0.1, 0.15) is 18.3 Å². The number of ether oxygens (including phenoxy) is 2. The average molecular weight is 443 g/mol. The Balaban J connectivity index is 1.29. The number of fused-ring (bicyclic) bond motifs is 3. The number of imidazole rings is 1. The van der Waals surface area contributed by atoms with Crippen molar-refractivity contribution >= 4 is 16.9 Å². The van der Waals surface area contributed by atoms with Crippen LogP contribution >= 0.6 is 0 Å². The van der Waals surface area contributed by atoms with Crippen LogP contribution in [-0.4, -0.2) is 57.5 Å². The highest BCUT2D eigenvalue weighted by Crippen LogP contribution is 2.33. The molecule has 1 amide bonds. The summed E-state index contributed by atoms with van der Waals surface area (Å²) in [6, 6.07) is 12.6. The fourth-order valence-corrected chi connectivity index (χ4v) is 5.04. The second-order valence-corrected chi connectivity index (χ2v) is 8.71. The number of aromatic nitrogens is 2. The summed E-state index contributed by atoms with van der Waals surface area (Å²) in [6.45, 7) is 6.31. The molecule has 168 valence electrons. The Morgan fingerprint density at radius 1 is 1.21 bits per heavy atom. The minimum absolute atomic E-state index is 0.0273. The predicted molar refractivity (Wildman–Crippen MR) is 125 cm³/mol. The highest BCUT2D eigenvalue weighted by molar-refractivity contribution is 5.94. The van der Waals surface area contributed by atoms with Crippen LogP contribution in [0.15, 0.2) is 60.5 Å². The molecular formula is C26H26N4O3. The molecule has 3 aromatic rings. The first-order valence-electron chi connectivity index (χ1n) is 11.4. The zero-order chi connectivity index (χ0) is 22.5. The molecule has 7 heteroatoms. The maximum Gasteiger partial charge on any atom is 0.270 e. The summed E-state index contributed by atoms with van der Waals surface area (Å²) in [7, 11) is 0. The van der Waals surface area contributed by atoms with Crippen LogP contribution in [0.2, 0.25) is 0 Å². The lowest BCUT2D eigenvalue weighted by atomic mass is 10.0. The Morgan fingerprint density at radius 3 is 2.94 bits per heavy atom. The SMILES string of the molecule is CCN1C(C(=O)N2CCOc3ccc(-c4ccc5nc(C)[nH]c5c4)cc3C2)=CC2OC=CC21. The number of hydrogen-bond acceptors (Lipinski definition) is 5. The van der Waals surface area contributed by atoms with Crippen LogP contribution in [-0.2, 0) is 16.1 Å². The van der Waals surface area contributed by atoms with Gasteiger partial charge in [0.2, 0.25) is 0 Å². The lowest BCUT2D eigenvalue weighted by Gasteiger charge is -2.28. The first-order valence-corrected chi connectivity index (χ1v) is 11.4. The molecule has 2 unspecified atom stereocenters. The van der Waals surface area contributed by atoms with Gasteiger partial charge in [0.1, 0.15) is 30.0 Å². The molecule has 0 spiro atoms. The quantitative estimate of drug-likeness (QED) is 0.669. The van der Waals surface area contributed by atoms with E-state index in [1.807, 2.05) is 36.1 Å². The van der Waals surface area contributed by atoms with Gasteiger partial charge in [0, 0.05) is 18.7 Å². The number of aromatic amines is 1. The smallest absolute Gasteiger partial charge is 0.270 e. The van der Waals surface area contributed by atoms with Gasteiger partial charge in [0.25, 0.3) is 5.91 Å². The van der Waals surface area contributed by atoms with Crippen LogP contribution in [0.25, 0.3) is 22.2 Å². The molecule has 0 saturated carbocycles. The number of benzene rings is 2. The Hall–Kier alpha value is -3.74. The van der Waals surface area contributed by atoms with E-state index in [4.69, 9.17) is 9.47 Å². The third-order valence-corrected chi connectivity index (χ3v) is 6.66. The van der Waals surface area contributed by atoms with Gasteiger partial charge in [-0.05, 0) is 61.4 Å². The average Bonchev–Trinajstić information content (AvgIpc) is 3.46. The fourth-order valence-electron chi connectivity index (χ4n) is 5.04. The van der Waals surface area contributed by atoms with Crippen LogP contribution in [0.3, 0.4) is 0 Å². The molecule has 0 radical (unpaired) electrons. The Kier molecular flexibility index (Phi) is 4.64. The number of nitrogens with zero attached hydrogens (tertiary/aromatic N) is 3. The number of rotatable bonds is 3. The molecule has 1 aromatic heterocycles. The van der Waals surface area contributed by atoms with Crippen LogP contribution in [0.5, 0.6) is 5.75 Å². The highest BCUT2D eigenvalue weighted by atomic mass is 16.5. The number of carbonyl (C=O) groups excluding carboxylic acids is 1. The van der Waals surface area contributed by atoms with Crippen molar-refractivity contribution in [1.29, 1.82) is 0 Å². The monoisotopic (exact) mass is 442 g/mol. The zero-order valence-electron chi connectivity index (χ0n) is 18.7. The summed E-state index contributed by atoms with van der Waals surface area (Å²) < 4.78 is 11.7. The number of H-pyrrole nitrogens is 1. The van der Waals surface area contributed by atoms with Crippen molar-refractivity contribution in [3.05, 3.63) is 71.9 Å². The van der Waals surface area contributed by atoms with E-state index in [1.165, 1.54) is 0 Å². The fraction of sp³-hybridized carbons (Fsp3) is 0.308. The second-order valence-electron chi connectivity index (χ2n) is 8.71. The number of aryl methyl sites for hydroxylation is 1. The lowest BCUT2D eigenvalue weighted by Crippen LogP contribution is -2.40. The van der Waals surface area contributed by atoms with Gasteiger partial charge >= 0.3 is 0 Å². The minimum atomic E-state index is -0.0768. The van der Waals surface area contributed by atoms with Crippen LogP contribution in [0, 0.1) is 6.92 Å². The molecule has 4 heterocycles. The summed E-state index contributed by atoms with van der Waals surface area (Å²) in [5, 5.41) is 0. The maximum absolute atomic E-state index is 13.5. The van der Waals surface area contributed by atoms with E-state index >= 15 is 0 Å². The molecule has 2 aromatic carbocycles. The standard InChI is InChI=1S/C26H26N4O3/c1-3-30-22-8-10-32-25(22)14-23(30)26(31)29-9-11-33-24-7-5-17(12-19(24)15-29)18-4-6-20-21(13-18)28-16(2)27-20/h4-8,10,12-14,22,25H,3,9,11,15H2,1-2H3,(H,27,28). The number of hydrogen-bond donors (Lipinski definition) is 1. The minimum Gasteiger partial charge on any atom is -0.492 e. The second kappa shape index (κ2) is 7.69. The Labute approximate surface area is 192 Å². The van der Waals surface area contributed by atoms with Gasteiger partial charge in [-0.1, -0.05) is 12.1 Å². The number of carbonyl (C=O) groups is 1. The molecule has 7 nitrogen and oxygen atoms in total. The molecule has 1 N–H and O–H groups in total. The Bertz CT molecular complexity index is 1310. The number of nitrogens with one attached hydrogen (secondary N) is 1. The van der Waals surface area contributed by atoms with Crippen molar-refractivity contribution in [2.45, 2.75) is 32.5 Å². The molecule has 3 aliphatic heterocycles. The van der Waals surface area contributed by atoms with Gasteiger partial charge in [-0.2, -0.15) is 0 Å². The van der Waals surface area contributed by atoms with Gasteiger partial charge < -0.3 is 24.3 Å². The van der Waals surface area contributed by atoms with Crippen molar-refractivity contribution in [2.24, 2.45) is 0 Å².